The van der Waals surface area contributed by atoms with Crippen molar-refractivity contribution in [2.45, 2.75) is 172 Å². The number of primary amides is 1. The summed E-state index contributed by atoms with van der Waals surface area (Å²) < 4.78 is 0. The first-order valence-electron chi connectivity index (χ1n) is 25.1. The highest BCUT2D eigenvalue weighted by atomic mass is 16.4. The number of aliphatic imine (C=N–C) groups is 1. The van der Waals surface area contributed by atoms with E-state index in [1.165, 1.54) is 16.7 Å². The van der Waals surface area contributed by atoms with Crippen LogP contribution in [0.1, 0.15) is 106 Å². The molecule has 29 heteroatoms. The number of amides is 10. The maximum Gasteiger partial charge on any atom is 0.328 e. The van der Waals surface area contributed by atoms with E-state index in [0.29, 0.717) is 12.8 Å². The van der Waals surface area contributed by atoms with Crippen molar-refractivity contribution in [1.82, 2.24) is 47.0 Å². The van der Waals surface area contributed by atoms with E-state index in [1.54, 1.807) is 27.7 Å². The van der Waals surface area contributed by atoms with Gasteiger partial charge in [0, 0.05) is 26.1 Å². The Morgan fingerprint density at radius 1 is 0.600 bits per heavy atom. The van der Waals surface area contributed by atoms with Crippen molar-refractivity contribution in [3.63, 3.8) is 0 Å². The van der Waals surface area contributed by atoms with Crippen LogP contribution in [-0.4, -0.2) is 201 Å². The van der Waals surface area contributed by atoms with Crippen molar-refractivity contribution in [2.75, 3.05) is 32.8 Å². The smallest absolute Gasteiger partial charge is 0.328 e. The summed E-state index contributed by atoms with van der Waals surface area (Å²) >= 11 is 0. The molecule has 0 aromatic rings. The molecule has 2 rings (SSSR count). The summed E-state index contributed by atoms with van der Waals surface area (Å²) in [5, 5.41) is 55.5. The molecule has 2 aliphatic rings. The van der Waals surface area contributed by atoms with Crippen LogP contribution >= 0.6 is 0 Å². The van der Waals surface area contributed by atoms with Gasteiger partial charge in [-0.3, -0.25) is 52.9 Å². The molecule has 0 aromatic heterocycles. The van der Waals surface area contributed by atoms with Gasteiger partial charge in [0.05, 0.1) is 19.3 Å². The Kier molecular flexibility index (Phi) is 26.8. The minimum Gasteiger partial charge on any atom is -0.480 e. The van der Waals surface area contributed by atoms with Gasteiger partial charge in [-0.15, -0.1) is 0 Å². The number of hydrogen-bond acceptors (Lipinski definition) is 16. The fourth-order valence-corrected chi connectivity index (χ4v) is 8.39. The molecule has 424 valence electrons. The standard InChI is InChI=1S/C46H80N14O15/c1-22(2)18-29(55-38(67)27(13-14-34(48)64)53-37(66)26(47)20-61)39(68)52-24(5)36(65)54-28(10-7-15-51-46(49)50)43(72)60-17-9-12-33(60)44(73)59-16-8-11-32(59)42(71)56-30(19-23(3)4)40(69)57-31(21-62)41(70)58-35(25(6)63)45(74)75/h22-33,35,61-63H,7-21,47H2,1-6H3,(H2,48,64)(H,52,68)(H,53,66)(H,54,65)(H,55,67)(H,56,71)(H,57,69)(H,58,70)(H,74,75)(H4,49,50,51)/t24-,25+,26-,27-,28-,29-,30-,31-,32-,33-,35-/m0/s1. The van der Waals surface area contributed by atoms with Crippen molar-refractivity contribution < 1.29 is 73.2 Å². The van der Waals surface area contributed by atoms with Crippen LogP contribution in [0.3, 0.4) is 0 Å². The van der Waals surface area contributed by atoms with Crippen LogP contribution in [0.2, 0.25) is 0 Å². The maximum absolute atomic E-state index is 14.5. The van der Waals surface area contributed by atoms with Crippen molar-refractivity contribution in [3.05, 3.63) is 0 Å². The fourth-order valence-electron chi connectivity index (χ4n) is 8.39. The molecule has 0 saturated carbocycles. The number of aliphatic hydroxyl groups excluding tert-OH is 3. The topological polar surface area (TPSA) is 476 Å². The van der Waals surface area contributed by atoms with E-state index in [4.69, 9.17) is 22.9 Å². The van der Waals surface area contributed by atoms with Gasteiger partial charge in [-0.25, -0.2) is 4.79 Å². The largest absolute Gasteiger partial charge is 0.480 e. The van der Waals surface area contributed by atoms with E-state index in [-0.39, 0.29) is 88.8 Å². The third kappa shape index (κ3) is 20.8. The van der Waals surface area contributed by atoms with Gasteiger partial charge in [0.25, 0.3) is 0 Å². The third-order valence-electron chi connectivity index (χ3n) is 12.4. The lowest BCUT2D eigenvalue weighted by Crippen LogP contribution is -2.60. The van der Waals surface area contributed by atoms with Crippen molar-refractivity contribution in [2.24, 2.45) is 39.8 Å². The van der Waals surface area contributed by atoms with Crippen molar-refractivity contribution in [3.8, 4) is 0 Å². The number of nitrogens with zero attached hydrogens (tertiary/aromatic N) is 3. The summed E-state index contributed by atoms with van der Waals surface area (Å²) in [6, 6.07) is -13.5. The number of carbonyl (C=O) groups excluding carboxylic acids is 10. The zero-order valence-electron chi connectivity index (χ0n) is 43.5. The second kappa shape index (κ2) is 31.2. The van der Waals surface area contributed by atoms with E-state index in [1.807, 2.05) is 0 Å². The Labute approximate surface area is 435 Å². The highest BCUT2D eigenvalue weighted by Crippen LogP contribution is 2.26. The molecular formula is C46H80N14O15. The Morgan fingerprint density at radius 3 is 1.64 bits per heavy atom. The van der Waals surface area contributed by atoms with Crippen LogP contribution in [0.15, 0.2) is 4.99 Å². The second-order valence-electron chi connectivity index (χ2n) is 19.7. The Bertz CT molecular complexity index is 2050. The number of carbonyl (C=O) groups is 11. The van der Waals surface area contributed by atoms with E-state index >= 15 is 0 Å². The quantitative estimate of drug-likeness (QED) is 0.0174. The molecule has 0 aliphatic carbocycles. The van der Waals surface area contributed by atoms with E-state index in [9.17, 15) is 73.2 Å². The number of carboxylic acid groups (broad SMARTS) is 1. The molecule has 2 aliphatic heterocycles. The number of likely N-dealkylation sites (tertiary alicyclic amines) is 2. The number of hydrogen-bond donors (Lipinski definition) is 15. The summed E-state index contributed by atoms with van der Waals surface area (Å²) in [5.74, 6) is -10.3. The highest BCUT2D eigenvalue weighted by Gasteiger charge is 2.44. The summed E-state index contributed by atoms with van der Waals surface area (Å²) in [5.41, 5.74) is 21.9. The van der Waals surface area contributed by atoms with Gasteiger partial charge in [0.2, 0.25) is 59.1 Å². The molecule has 0 unspecified atom stereocenters. The minimum absolute atomic E-state index is 0.0304. The molecule has 75 heavy (non-hydrogen) atoms. The number of rotatable bonds is 31. The first-order chi connectivity index (χ1) is 35.1. The summed E-state index contributed by atoms with van der Waals surface area (Å²) in [6.07, 6.45) is -0.726. The van der Waals surface area contributed by atoms with Gasteiger partial charge in [0.1, 0.15) is 54.4 Å². The number of aliphatic hydroxyl groups is 3. The normalized spacial score (nSPS) is 18.9. The predicted octanol–water partition coefficient (Wildman–Crippen LogP) is -6.43. The summed E-state index contributed by atoms with van der Waals surface area (Å²) in [7, 11) is 0. The zero-order chi connectivity index (χ0) is 56.9. The number of nitrogens with two attached hydrogens (primary N) is 4. The van der Waals surface area contributed by atoms with Gasteiger partial charge in [-0.2, -0.15) is 0 Å². The van der Waals surface area contributed by atoms with Crippen LogP contribution in [0.25, 0.3) is 0 Å². The number of aliphatic carboxylic acids is 1. The first kappa shape index (κ1) is 64.4. The average Bonchev–Trinajstić information content (AvgIpc) is 4.04. The van der Waals surface area contributed by atoms with Crippen LogP contribution in [0.4, 0.5) is 0 Å². The molecule has 0 aromatic carbocycles. The lowest BCUT2D eigenvalue weighted by Gasteiger charge is -2.33. The van der Waals surface area contributed by atoms with Gasteiger partial charge < -0.3 is 90.4 Å². The van der Waals surface area contributed by atoms with Gasteiger partial charge >= 0.3 is 5.97 Å². The molecule has 0 bridgehead atoms. The van der Waals surface area contributed by atoms with Crippen molar-refractivity contribution >= 4 is 71.0 Å². The third-order valence-corrected chi connectivity index (χ3v) is 12.4. The molecule has 2 saturated heterocycles. The van der Waals surface area contributed by atoms with Crippen molar-refractivity contribution in [1.29, 1.82) is 0 Å². The van der Waals surface area contributed by atoms with Crippen LogP contribution in [0, 0.1) is 11.8 Å². The minimum atomic E-state index is -1.75. The van der Waals surface area contributed by atoms with E-state index in [0.717, 1.165) is 6.92 Å². The van der Waals surface area contributed by atoms with Crippen LogP contribution in [0.5, 0.6) is 0 Å². The number of guanidine groups is 1. The SMILES string of the molecule is CC(C)C[C@H](NC(=O)[C@H](CCC(N)=O)NC(=O)[C@@H](N)CO)C(=O)N[C@@H](C)C(=O)N[C@@H](CCCN=C(N)N)C(=O)N1CCC[C@H]1C(=O)N1CCC[C@H]1C(=O)N[C@@H](CC(C)C)C(=O)N[C@@H](CO)C(=O)N[C@H](C(=O)O)[C@@H](C)O. The fraction of sp³-hybridized carbons (Fsp3) is 0.739. The predicted molar refractivity (Wildman–Crippen MR) is 267 cm³/mol. The van der Waals surface area contributed by atoms with Crippen LogP contribution < -0.4 is 60.2 Å². The maximum atomic E-state index is 14.5. The van der Waals surface area contributed by atoms with E-state index in [2.05, 4.69) is 42.2 Å². The molecule has 0 radical (unpaired) electrons. The molecule has 29 nitrogen and oxygen atoms in total. The molecule has 0 spiro atoms. The molecule has 2 fully saturated rings. The van der Waals surface area contributed by atoms with Gasteiger partial charge in [0.15, 0.2) is 12.0 Å². The number of carboxylic acids is 1. The van der Waals surface area contributed by atoms with Crippen LogP contribution in [-0.2, 0) is 52.7 Å². The number of nitrogens with one attached hydrogen (secondary N) is 7. The lowest BCUT2D eigenvalue weighted by atomic mass is 10.0. The summed E-state index contributed by atoms with van der Waals surface area (Å²) in [4.78, 5) is 152. The molecule has 19 N–H and O–H groups in total. The zero-order valence-corrected chi connectivity index (χ0v) is 43.5. The lowest BCUT2D eigenvalue weighted by molar-refractivity contribution is -0.148. The molecule has 11 atom stereocenters. The Morgan fingerprint density at radius 2 is 1.11 bits per heavy atom. The van der Waals surface area contributed by atoms with E-state index < -0.39 is 145 Å². The van der Waals surface area contributed by atoms with Gasteiger partial charge in [-0.05, 0) is 83.5 Å². The first-order valence-corrected chi connectivity index (χ1v) is 25.1. The average molecular weight is 1070 g/mol. The second-order valence-corrected chi connectivity index (χ2v) is 19.7. The molecule has 2 heterocycles. The molecule has 10 amide bonds. The molecular weight excluding hydrogens is 989 g/mol. The van der Waals surface area contributed by atoms with Gasteiger partial charge in [-0.1, -0.05) is 27.7 Å². The summed E-state index contributed by atoms with van der Waals surface area (Å²) in [6.45, 7) is 8.08. The monoisotopic (exact) mass is 1070 g/mol. The highest BCUT2D eigenvalue weighted by molar-refractivity contribution is 5.99. The Balaban J connectivity index is 2.31. The Hall–Kier alpha value is -6.72.